The third kappa shape index (κ3) is 4.57. The van der Waals surface area contributed by atoms with Gasteiger partial charge in [-0.25, -0.2) is 0 Å². The first kappa shape index (κ1) is 17.5. The number of halogens is 1. The molecule has 0 radical (unpaired) electrons. The van der Waals surface area contributed by atoms with Crippen LogP contribution in [0.1, 0.15) is 29.2 Å². The summed E-state index contributed by atoms with van der Waals surface area (Å²) in [7, 11) is 0. The van der Waals surface area contributed by atoms with Gasteiger partial charge in [0, 0.05) is 10.7 Å². The summed E-state index contributed by atoms with van der Waals surface area (Å²) in [6.07, 6.45) is -0.547. The predicted molar refractivity (Wildman–Crippen MR) is 95.0 cm³/mol. The second kappa shape index (κ2) is 7.62. The molecule has 122 valence electrons. The molecule has 1 atom stereocenters. The van der Waals surface area contributed by atoms with Crippen molar-refractivity contribution >= 4 is 23.2 Å². The fraction of sp³-hybridized carbons (Fsp3) is 0.316. The molecular formula is C19H22ClNO2. The number of benzene rings is 2. The summed E-state index contributed by atoms with van der Waals surface area (Å²) < 4.78 is 5.71. The van der Waals surface area contributed by atoms with Crippen LogP contribution >= 0.6 is 11.6 Å². The van der Waals surface area contributed by atoms with E-state index in [1.54, 1.807) is 13.0 Å². The van der Waals surface area contributed by atoms with Crippen LogP contribution in [0.4, 0.5) is 5.69 Å². The highest BCUT2D eigenvalue weighted by molar-refractivity contribution is 6.31. The molecule has 1 N–H and O–H groups in total. The SMILES string of the molecule is Cc1ccc(COC(C)C(=O)Nc2cccc(Cl)c2C)c(C)c1. The van der Waals surface area contributed by atoms with Gasteiger partial charge in [-0.3, -0.25) is 4.79 Å². The van der Waals surface area contributed by atoms with Crippen molar-refractivity contribution in [2.45, 2.75) is 40.4 Å². The van der Waals surface area contributed by atoms with Crippen molar-refractivity contribution in [1.82, 2.24) is 0 Å². The normalized spacial score (nSPS) is 12.0. The first-order valence-electron chi connectivity index (χ1n) is 7.62. The minimum absolute atomic E-state index is 0.180. The Balaban J connectivity index is 1.96. The number of carbonyl (C=O) groups excluding carboxylic acids is 1. The summed E-state index contributed by atoms with van der Waals surface area (Å²) in [5.41, 5.74) is 5.04. The van der Waals surface area contributed by atoms with Crippen LogP contribution in [0, 0.1) is 20.8 Å². The van der Waals surface area contributed by atoms with E-state index in [-0.39, 0.29) is 5.91 Å². The van der Waals surface area contributed by atoms with Crippen LogP contribution in [0.15, 0.2) is 36.4 Å². The number of hydrogen-bond donors (Lipinski definition) is 1. The van der Waals surface area contributed by atoms with Crippen molar-refractivity contribution in [3.8, 4) is 0 Å². The lowest BCUT2D eigenvalue weighted by atomic mass is 10.1. The molecule has 0 heterocycles. The Labute approximate surface area is 142 Å². The third-order valence-corrected chi connectivity index (χ3v) is 4.29. The van der Waals surface area contributed by atoms with Gasteiger partial charge in [0.1, 0.15) is 6.10 Å². The second-order valence-corrected chi connectivity index (χ2v) is 6.19. The minimum Gasteiger partial charge on any atom is -0.364 e. The number of carbonyl (C=O) groups is 1. The smallest absolute Gasteiger partial charge is 0.253 e. The molecule has 0 aromatic heterocycles. The van der Waals surface area contributed by atoms with Crippen LogP contribution in [0.25, 0.3) is 0 Å². The zero-order valence-corrected chi connectivity index (χ0v) is 14.7. The molecule has 0 fully saturated rings. The summed E-state index contributed by atoms with van der Waals surface area (Å²) in [6, 6.07) is 11.6. The van der Waals surface area contributed by atoms with E-state index in [1.807, 2.05) is 38.1 Å². The van der Waals surface area contributed by atoms with Crippen LogP contribution in [0.2, 0.25) is 5.02 Å². The zero-order chi connectivity index (χ0) is 17.0. The van der Waals surface area contributed by atoms with E-state index in [0.29, 0.717) is 17.3 Å². The molecule has 0 aliphatic rings. The molecule has 0 saturated heterocycles. The van der Waals surface area contributed by atoms with Crippen molar-refractivity contribution in [2.75, 3.05) is 5.32 Å². The summed E-state index contributed by atoms with van der Waals surface area (Å²) >= 11 is 6.07. The van der Waals surface area contributed by atoms with Crippen LogP contribution in [0.5, 0.6) is 0 Å². The van der Waals surface area contributed by atoms with E-state index < -0.39 is 6.10 Å². The maximum atomic E-state index is 12.3. The number of aryl methyl sites for hydroxylation is 2. The molecule has 0 aliphatic carbocycles. The highest BCUT2D eigenvalue weighted by Gasteiger charge is 2.15. The molecule has 0 spiro atoms. The molecule has 0 aliphatic heterocycles. The van der Waals surface area contributed by atoms with Crippen LogP contribution in [-0.2, 0) is 16.1 Å². The van der Waals surface area contributed by atoms with Gasteiger partial charge in [-0.05, 0) is 56.5 Å². The first-order chi connectivity index (χ1) is 10.9. The van der Waals surface area contributed by atoms with Crippen molar-refractivity contribution in [3.63, 3.8) is 0 Å². The summed E-state index contributed by atoms with van der Waals surface area (Å²) in [5, 5.41) is 3.49. The number of nitrogens with one attached hydrogen (secondary N) is 1. The van der Waals surface area contributed by atoms with Gasteiger partial charge in [0.2, 0.25) is 0 Å². The number of rotatable bonds is 5. The van der Waals surface area contributed by atoms with Crippen LogP contribution < -0.4 is 5.32 Å². The molecule has 2 aromatic carbocycles. The molecule has 2 aromatic rings. The fourth-order valence-corrected chi connectivity index (χ4v) is 2.45. The lowest BCUT2D eigenvalue weighted by molar-refractivity contribution is -0.127. The van der Waals surface area contributed by atoms with Crippen molar-refractivity contribution in [1.29, 1.82) is 0 Å². The van der Waals surface area contributed by atoms with Gasteiger partial charge >= 0.3 is 0 Å². The highest BCUT2D eigenvalue weighted by Crippen LogP contribution is 2.23. The third-order valence-electron chi connectivity index (χ3n) is 3.88. The lowest BCUT2D eigenvalue weighted by Gasteiger charge is -2.16. The van der Waals surface area contributed by atoms with Gasteiger partial charge in [0.05, 0.1) is 6.61 Å². The molecule has 0 saturated carbocycles. The standard InChI is InChI=1S/C19H22ClNO2/c1-12-8-9-16(13(2)10-12)11-23-15(4)19(22)21-18-7-5-6-17(20)14(18)3/h5-10,15H,11H2,1-4H3,(H,21,22). The maximum Gasteiger partial charge on any atom is 0.253 e. The minimum atomic E-state index is -0.547. The molecular weight excluding hydrogens is 310 g/mol. The molecule has 0 bridgehead atoms. The Bertz CT molecular complexity index is 713. The van der Waals surface area contributed by atoms with Crippen LogP contribution in [-0.4, -0.2) is 12.0 Å². The van der Waals surface area contributed by atoms with Crippen molar-refractivity contribution in [2.24, 2.45) is 0 Å². The van der Waals surface area contributed by atoms with Gasteiger partial charge in [-0.2, -0.15) is 0 Å². The molecule has 2 rings (SSSR count). The van der Waals surface area contributed by atoms with E-state index in [0.717, 1.165) is 11.1 Å². The van der Waals surface area contributed by atoms with Gasteiger partial charge in [-0.1, -0.05) is 41.4 Å². The molecule has 3 nitrogen and oxygen atoms in total. The average Bonchev–Trinajstić information content (AvgIpc) is 2.50. The Morgan fingerprint density at radius 2 is 1.96 bits per heavy atom. The summed E-state index contributed by atoms with van der Waals surface area (Å²) in [5.74, 6) is -0.180. The van der Waals surface area contributed by atoms with Gasteiger partial charge in [-0.15, -0.1) is 0 Å². The van der Waals surface area contributed by atoms with Crippen molar-refractivity contribution < 1.29 is 9.53 Å². The Morgan fingerprint density at radius 3 is 2.65 bits per heavy atom. The van der Waals surface area contributed by atoms with E-state index in [1.165, 1.54) is 11.1 Å². The van der Waals surface area contributed by atoms with E-state index in [4.69, 9.17) is 16.3 Å². The van der Waals surface area contributed by atoms with Crippen molar-refractivity contribution in [3.05, 3.63) is 63.7 Å². The summed E-state index contributed by atoms with van der Waals surface area (Å²) in [6.45, 7) is 8.14. The lowest BCUT2D eigenvalue weighted by Crippen LogP contribution is -2.28. The number of hydrogen-bond acceptors (Lipinski definition) is 2. The Morgan fingerprint density at radius 1 is 1.22 bits per heavy atom. The zero-order valence-electron chi connectivity index (χ0n) is 13.9. The number of ether oxygens (including phenoxy) is 1. The van der Waals surface area contributed by atoms with Gasteiger partial charge < -0.3 is 10.1 Å². The Hall–Kier alpha value is -1.84. The van der Waals surface area contributed by atoms with E-state index >= 15 is 0 Å². The first-order valence-corrected chi connectivity index (χ1v) is 8.00. The van der Waals surface area contributed by atoms with E-state index in [9.17, 15) is 4.79 Å². The largest absolute Gasteiger partial charge is 0.364 e. The molecule has 1 amide bonds. The maximum absolute atomic E-state index is 12.3. The highest BCUT2D eigenvalue weighted by atomic mass is 35.5. The predicted octanol–water partition coefficient (Wildman–Crippen LogP) is 4.81. The van der Waals surface area contributed by atoms with Gasteiger partial charge in [0.15, 0.2) is 0 Å². The quantitative estimate of drug-likeness (QED) is 0.853. The molecule has 1 unspecified atom stereocenters. The average molecular weight is 332 g/mol. The number of amides is 1. The monoisotopic (exact) mass is 331 g/mol. The fourth-order valence-electron chi connectivity index (χ4n) is 2.28. The summed E-state index contributed by atoms with van der Waals surface area (Å²) in [4.78, 5) is 12.3. The topological polar surface area (TPSA) is 38.3 Å². The van der Waals surface area contributed by atoms with E-state index in [2.05, 4.69) is 18.3 Å². The van der Waals surface area contributed by atoms with Gasteiger partial charge in [0.25, 0.3) is 5.91 Å². The molecule has 4 heteroatoms. The Kier molecular flexibility index (Phi) is 5.80. The van der Waals surface area contributed by atoms with Crippen LogP contribution in [0.3, 0.4) is 0 Å². The molecule has 23 heavy (non-hydrogen) atoms. The number of anilines is 1. The second-order valence-electron chi connectivity index (χ2n) is 5.78.